The Morgan fingerprint density at radius 1 is 1.47 bits per heavy atom. The second kappa shape index (κ2) is 7.82. The van der Waals surface area contributed by atoms with E-state index in [2.05, 4.69) is 24.1 Å². The van der Waals surface area contributed by atoms with Crippen molar-refractivity contribution in [1.82, 2.24) is 10.2 Å². The number of hydrogen-bond donors (Lipinski definition) is 2. The number of rotatable bonds is 7. The predicted molar refractivity (Wildman–Crippen MR) is 76.9 cm³/mol. The van der Waals surface area contributed by atoms with Crippen LogP contribution in [0.15, 0.2) is 0 Å². The number of morpholine rings is 1. The third-order valence-corrected chi connectivity index (χ3v) is 3.89. The maximum Gasteiger partial charge on any atom is 0.239 e. The minimum atomic E-state index is -0.124. The van der Waals surface area contributed by atoms with Crippen molar-refractivity contribution in [2.75, 3.05) is 39.9 Å². The fraction of sp³-hybridized carbons (Fsp3) is 0.929. The number of likely N-dealkylation sites (N-methyl/N-ethyl adjacent to an activating group) is 1. The van der Waals surface area contributed by atoms with Crippen LogP contribution >= 0.6 is 0 Å². The van der Waals surface area contributed by atoms with Gasteiger partial charge in [0.25, 0.3) is 0 Å². The minimum absolute atomic E-state index is 0.0574. The summed E-state index contributed by atoms with van der Waals surface area (Å²) >= 11 is 0. The lowest BCUT2D eigenvalue weighted by Gasteiger charge is -2.34. The number of nitrogens with two attached hydrogens (primary N) is 1. The van der Waals surface area contributed by atoms with Gasteiger partial charge in [-0.3, -0.25) is 9.69 Å². The quantitative estimate of drug-likeness (QED) is 0.665. The lowest BCUT2D eigenvalue weighted by atomic mass is 9.87. The highest BCUT2D eigenvalue weighted by Crippen LogP contribution is 2.21. The Kier molecular flexibility index (Phi) is 6.75. The topological polar surface area (TPSA) is 67.6 Å². The van der Waals surface area contributed by atoms with Crippen LogP contribution in [-0.2, 0) is 9.53 Å². The molecule has 19 heavy (non-hydrogen) atoms. The molecule has 1 atom stereocenters. The van der Waals surface area contributed by atoms with Gasteiger partial charge in [-0.25, -0.2) is 0 Å². The molecule has 0 spiro atoms. The first kappa shape index (κ1) is 16.4. The fourth-order valence-electron chi connectivity index (χ4n) is 2.33. The number of carbonyl (C=O) groups is 1. The van der Waals surface area contributed by atoms with Crippen molar-refractivity contribution < 1.29 is 9.53 Å². The Hall–Kier alpha value is -0.650. The van der Waals surface area contributed by atoms with Crippen molar-refractivity contribution in [3.05, 3.63) is 0 Å². The number of nitrogens with one attached hydrogen (secondary N) is 1. The molecule has 5 nitrogen and oxygen atoms in total. The van der Waals surface area contributed by atoms with Gasteiger partial charge in [-0.1, -0.05) is 20.3 Å². The average Bonchev–Trinajstić information content (AvgIpc) is 2.43. The van der Waals surface area contributed by atoms with Crippen molar-refractivity contribution in [3.8, 4) is 0 Å². The smallest absolute Gasteiger partial charge is 0.239 e. The molecule has 112 valence electrons. The summed E-state index contributed by atoms with van der Waals surface area (Å²) in [6.45, 7) is 8.17. The molecule has 1 unspecified atom stereocenters. The predicted octanol–water partition coefficient (Wildman–Crippen LogP) is 0.588. The summed E-state index contributed by atoms with van der Waals surface area (Å²) in [7, 11) is 1.68. The number of nitrogens with zero attached hydrogens (tertiary/aromatic N) is 1. The molecule has 0 aliphatic carbocycles. The van der Waals surface area contributed by atoms with Crippen LogP contribution in [0, 0.1) is 5.41 Å². The molecule has 1 amide bonds. The molecular formula is C14H29N3O2. The Bertz CT molecular complexity index is 282. The largest absolute Gasteiger partial charge is 0.378 e. The Labute approximate surface area is 116 Å². The van der Waals surface area contributed by atoms with Crippen LogP contribution < -0.4 is 11.1 Å². The Balaban J connectivity index is 2.31. The molecule has 1 rings (SSSR count). The van der Waals surface area contributed by atoms with E-state index in [-0.39, 0.29) is 17.4 Å². The second-order valence-electron chi connectivity index (χ2n) is 6.07. The number of hydrogen-bond acceptors (Lipinski definition) is 4. The molecule has 1 aliphatic rings. The average molecular weight is 271 g/mol. The van der Waals surface area contributed by atoms with Crippen LogP contribution in [0.5, 0.6) is 0 Å². The SMILES string of the molecule is CNC(=O)C1COCCN1CCCCC(C)(C)CN. The van der Waals surface area contributed by atoms with Gasteiger partial charge < -0.3 is 15.8 Å². The maximum absolute atomic E-state index is 11.8. The van der Waals surface area contributed by atoms with Crippen molar-refractivity contribution >= 4 is 5.91 Å². The third-order valence-electron chi connectivity index (χ3n) is 3.89. The van der Waals surface area contributed by atoms with Crippen LogP contribution in [0.25, 0.3) is 0 Å². The van der Waals surface area contributed by atoms with Gasteiger partial charge in [0, 0.05) is 13.6 Å². The molecule has 0 bridgehead atoms. The molecule has 0 aromatic rings. The molecule has 1 aliphatic heterocycles. The number of unbranched alkanes of at least 4 members (excludes halogenated alkanes) is 1. The van der Waals surface area contributed by atoms with E-state index in [4.69, 9.17) is 10.5 Å². The molecule has 1 heterocycles. The molecule has 1 fully saturated rings. The van der Waals surface area contributed by atoms with Gasteiger partial charge in [0.1, 0.15) is 6.04 Å². The van der Waals surface area contributed by atoms with Gasteiger partial charge in [-0.15, -0.1) is 0 Å². The lowest BCUT2D eigenvalue weighted by molar-refractivity contribution is -0.132. The van der Waals surface area contributed by atoms with Crippen LogP contribution in [-0.4, -0.2) is 56.7 Å². The summed E-state index contributed by atoms with van der Waals surface area (Å²) in [5.74, 6) is 0.0574. The summed E-state index contributed by atoms with van der Waals surface area (Å²) in [5.41, 5.74) is 5.96. The van der Waals surface area contributed by atoms with Gasteiger partial charge in [-0.05, 0) is 31.3 Å². The number of amides is 1. The first-order valence-electron chi connectivity index (χ1n) is 7.23. The van der Waals surface area contributed by atoms with E-state index in [1.807, 2.05) is 0 Å². The zero-order chi connectivity index (χ0) is 14.3. The molecule has 3 N–H and O–H groups in total. The van der Waals surface area contributed by atoms with Gasteiger partial charge in [0.05, 0.1) is 13.2 Å². The van der Waals surface area contributed by atoms with Crippen LogP contribution in [0.1, 0.15) is 33.1 Å². The summed E-state index contributed by atoms with van der Waals surface area (Å²) in [4.78, 5) is 14.0. The molecule has 0 saturated carbocycles. The van der Waals surface area contributed by atoms with Gasteiger partial charge in [0.15, 0.2) is 0 Å². The highest BCUT2D eigenvalue weighted by Gasteiger charge is 2.28. The second-order valence-corrected chi connectivity index (χ2v) is 6.07. The maximum atomic E-state index is 11.8. The van der Waals surface area contributed by atoms with Gasteiger partial charge in [0.2, 0.25) is 5.91 Å². The van der Waals surface area contributed by atoms with Crippen LogP contribution in [0.2, 0.25) is 0 Å². The van der Waals surface area contributed by atoms with Crippen molar-refractivity contribution in [2.45, 2.75) is 39.2 Å². The van der Waals surface area contributed by atoms with Gasteiger partial charge >= 0.3 is 0 Å². The lowest BCUT2D eigenvalue weighted by Crippen LogP contribution is -2.53. The van der Waals surface area contributed by atoms with Crippen molar-refractivity contribution in [3.63, 3.8) is 0 Å². The van der Waals surface area contributed by atoms with E-state index in [1.54, 1.807) is 7.05 Å². The van der Waals surface area contributed by atoms with E-state index in [0.717, 1.165) is 45.5 Å². The summed E-state index contributed by atoms with van der Waals surface area (Å²) < 4.78 is 5.39. The van der Waals surface area contributed by atoms with Crippen molar-refractivity contribution in [2.24, 2.45) is 11.1 Å². The number of ether oxygens (including phenoxy) is 1. The normalized spacial score (nSPS) is 21.4. The standard InChI is InChI=1S/C14H29N3O2/c1-14(2,11-15)6-4-5-7-17-8-9-19-10-12(17)13(18)16-3/h12H,4-11,15H2,1-3H3,(H,16,18). The molecular weight excluding hydrogens is 242 g/mol. The summed E-state index contributed by atoms with van der Waals surface area (Å²) in [5, 5.41) is 2.71. The first-order valence-corrected chi connectivity index (χ1v) is 7.23. The highest BCUT2D eigenvalue weighted by atomic mass is 16.5. The van der Waals surface area contributed by atoms with E-state index in [9.17, 15) is 4.79 Å². The zero-order valence-electron chi connectivity index (χ0n) is 12.6. The fourth-order valence-corrected chi connectivity index (χ4v) is 2.33. The Morgan fingerprint density at radius 3 is 2.84 bits per heavy atom. The van der Waals surface area contributed by atoms with E-state index < -0.39 is 0 Å². The van der Waals surface area contributed by atoms with Crippen molar-refractivity contribution in [1.29, 1.82) is 0 Å². The first-order chi connectivity index (χ1) is 9.00. The molecule has 0 aromatic heterocycles. The molecule has 5 heteroatoms. The van der Waals surface area contributed by atoms with E-state index in [0.29, 0.717) is 6.61 Å². The summed E-state index contributed by atoms with van der Waals surface area (Å²) in [6, 6.07) is -0.124. The minimum Gasteiger partial charge on any atom is -0.378 e. The van der Waals surface area contributed by atoms with Crippen LogP contribution in [0.4, 0.5) is 0 Å². The summed E-state index contributed by atoms with van der Waals surface area (Å²) in [6.07, 6.45) is 3.40. The van der Waals surface area contributed by atoms with E-state index in [1.165, 1.54) is 0 Å². The number of carbonyl (C=O) groups excluding carboxylic acids is 1. The highest BCUT2D eigenvalue weighted by molar-refractivity contribution is 5.81. The molecule has 1 saturated heterocycles. The Morgan fingerprint density at radius 2 is 2.21 bits per heavy atom. The van der Waals surface area contributed by atoms with E-state index >= 15 is 0 Å². The van der Waals surface area contributed by atoms with Crippen LogP contribution in [0.3, 0.4) is 0 Å². The molecule has 0 aromatic carbocycles. The third kappa shape index (κ3) is 5.47. The monoisotopic (exact) mass is 271 g/mol. The van der Waals surface area contributed by atoms with Gasteiger partial charge in [-0.2, -0.15) is 0 Å². The molecule has 0 radical (unpaired) electrons. The zero-order valence-corrected chi connectivity index (χ0v) is 12.6.